The number of anilines is 1. The van der Waals surface area contributed by atoms with Crippen molar-refractivity contribution in [2.45, 2.75) is 57.4 Å². The number of rotatable bonds is 6. The van der Waals surface area contributed by atoms with Gasteiger partial charge in [0.2, 0.25) is 0 Å². The van der Waals surface area contributed by atoms with Crippen LogP contribution in [0.25, 0.3) is 0 Å². The number of alkyl halides is 9. The predicted octanol–water partition coefficient (Wildman–Crippen LogP) is 7.13. The first kappa shape index (κ1) is 32.7. The van der Waals surface area contributed by atoms with Crippen LogP contribution in [0.3, 0.4) is 0 Å². The third-order valence-corrected chi connectivity index (χ3v) is 6.50. The molecule has 2 aromatic rings. The Kier molecular flexibility index (Phi) is 9.17. The van der Waals surface area contributed by atoms with E-state index in [1.807, 2.05) is 0 Å². The second-order valence-electron chi connectivity index (χ2n) is 9.28. The molecular weight excluding hydrogens is 591 g/mol. The van der Waals surface area contributed by atoms with Crippen LogP contribution in [-0.2, 0) is 28.4 Å². The zero-order valence-electron chi connectivity index (χ0n) is 22.5. The van der Waals surface area contributed by atoms with Gasteiger partial charge in [-0.3, -0.25) is 9.69 Å². The molecule has 42 heavy (non-hydrogen) atoms. The van der Waals surface area contributed by atoms with E-state index in [0.717, 1.165) is 4.90 Å². The first-order chi connectivity index (χ1) is 19.3. The summed E-state index contributed by atoms with van der Waals surface area (Å²) in [6.45, 7) is 1.59. The summed E-state index contributed by atoms with van der Waals surface area (Å²) in [5.74, 6) is -2.51. The minimum absolute atomic E-state index is 0.0301. The lowest BCUT2D eigenvalue weighted by Crippen LogP contribution is -2.50. The molecule has 0 aliphatic carbocycles. The summed E-state index contributed by atoms with van der Waals surface area (Å²) in [4.78, 5) is 26.8. The lowest BCUT2D eigenvalue weighted by molar-refractivity contribution is -0.189. The Morgan fingerprint density at radius 1 is 0.881 bits per heavy atom. The van der Waals surface area contributed by atoms with Gasteiger partial charge < -0.3 is 19.1 Å². The number of carbonyl (C=O) groups is 2. The highest BCUT2D eigenvalue weighted by molar-refractivity contribution is 5.91. The number of hydrogen-bond acceptors (Lipinski definition) is 5. The topological polar surface area (TPSA) is 68.3 Å². The van der Waals surface area contributed by atoms with Crippen LogP contribution in [0.1, 0.15) is 48.6 Å². The Bertz CT molecular complexity index is 1290. The number of ether oxygens (including phenoxy) is 3. The summed E-state index contributed by atoms with van der Waals surface area (Å²) in [5.41, 5.74) is -4.54. The normalized spacial score (nSPS) is 17.4. The molecule has 0 aromatic heterocycles. The average molecular weight is 616 g/mol. The van der Waals surface area contributed by atoms with Crippen molar-refractivity contribution in [2.24, 2.45) is 0 Å². The number of benzene rings is 2. The van der Waals surface area contributed by atoms with Crippen LogP contribution in [-0.4, -0.2) is 49.9 Å². The fourth-order valence-corrected chi connectivity index (χ4v) is 4.71. The molecule has 2 atom stereocenters. The van der Waals surface area contributed by atoms with Crippen molar-refractivity contribution in [2.75, 3.05) is 25.7 Å². The van der Waals surface area contributed by atoms with Crippen LogP contribution < -0.4 is 14.4 Å². The van der Waals surface area contributed by atoms with Gasteiger partial charge in [0.25, 0.3) is 0 Å². The Labute approximate surface area is 233 Å². The lowest BCUT2D eigenvalue weighted by Gasteiger charge is -2.43. The van der Waals surface area contributed by atoms with Crippen molar-refractivity contribution in [1.29, 1.82) is 0 Å². The molecule has 1 heterocycles. The third kappa shape index (κ3) is 6.78. The monoisotopic (exact) mass is 616 g/mol. The fourth-order valence-electron chi connectivity index (χ4n) is 4.71. The highest BCUT2D eigenvalue weighted by atomic mass is 19.4. The molecule has 0 saturated carbocycles. The maximum atomic E-state index is 13.9. The Hall–Kier alpha value is -3.85. The number of halogens is 9. The van der Waals surface area contributed by atoms with Gasteiger partial charge in [-0.15, -0.1) is 0 Å². The van der Waals surface area contributed by atoms with Crippen LogP contribution in [0.15, 0.2) is 30.3 Å². The molecule has 0 spiro atoms. The van der Waals surface area contributed by atoms with Crippen LogP contribution in [0.4, 0.5) is 50.0 Å². The SMILES string of the molecule is CCOC(=O)N1c2cc(OC)c(OC)cc2[C@@H](N(Cc2cc(C(F)(F)F)cc(C(F)(F)F)c2)C(=O)C(F)(F)F)C[C@H]1C. The minimum atomic E-state index is -5.56. The van der Waals surface area contributed by atoms with Crippen LogP contribution in [0.2, 0.25) is 0 Å². The van der Waals surface area contributed by atoms with E-state index < -0.39 is 72.3 Å². The van der Waals surface area contributed by atoms with Gasteiger partial charge in [0.05, 0.1) is 43.7 Å². The number of nitrogens with zero attached hydrogens (tertiary/aromatic N) is 2. The Morgan fingerprint density at radius 3 is 1.86 bits per heavy atom. The fraction of sp³-hybridized carbons (Fsp3) is 0.462. The molecule has 0 N–H and O–H groups in total. The highest BCUT2D eigenvalue weighted by Crippen LogP contribution is 2.47. The molecule has 2 aromatic carbocycles. The Balaban J connectivity index is 2.27. The molecule has 0 bridgehead atoms. The van der Waals surface area contributed by atoms with Crippen molar-refractivity contribution < 1.29 is 63.3 Å². The molecule has 16 heteroatoms. The summed E-state index contributed by atoms with van der Waals surface area (Å²) >= 11 is 0. The van der Waals surface area contributed by atoms with E-state index in [2.05, 4.69) is 0 Å². The van der Waals surface area contributed by atoms with Gasteiger partial charge >= 0.3 is 30.5 Å². The van der Waals surface area contributed by atoms with Gasteiger partial charge in [-0.1, -0.05) is 0 Å². The predicted molar refractivity (Wildman–Crippen MR) is 129 cm³/mol. The van der Waals surface area contributed by atoms with Gasteiger partial charge in [-0.25, -0.2) is 4.79 Å². The second kappa shape index (κ2) is 11.8. The summed E-state index contributed by atoms with van der Waals surface area (Å²) in [6.07, 6.45) is -17.4. The van der Waals surface area contributed by atoms with Crippen LogP contribution >= 0.6 is 0 Å². The van der Waals surface area contributed by atoms with Gasteiger partial charge in [0, 0.05) is 24.2 Å². The molecular formula is C26H25F9N2O5. The van der Waals surface area contributed by atoms with E-state index in [0.29, 0.717) is 0 Å². The van der Waals surface area contributed by atoms with E-state index in [9.17, 15) is 49.1 Å². The second-order valence-corrected chi connectivity index (χ2v) is 9.28. The zero-order valence-corrected chi connectivity index (χ0v) is 22.5. The summed E-state index contributed by atoms with van der Waals surface area (Å²) in [6, 6.07) is 0.216. The van der Waals surface area contributed by atoms with Gasteiger partial charge in [0.1, 0.15) is 0 Å². The van der Waals surface area contributed by atoms with E-state index >= 15 is 0 Å². The molecule has 232 valence electrons. The smallest absolute Gasteiger partial charge is 0.471 e. The lowest BCUT2D eigenvalue weighted by atomic mass is 9.89. The molecule has 3 rings (SSSR count). The number of hydrogen-bond donors (Lipinski definition) is 0. The average Bonchev–Trinajstić information content (AvgIpc) is 2.88. The van der Waals surface area contributed by atoms with Gasteiger partial charge in [-0.05, 0) is 50.1 Å². The summed E-state index contributed by atoms with van der Waals surface area (Å²) in [5, 5.41) is 0. The van der Waals surface area contributed by atoms with Crippen molar-refractivity contribution in [3.05, 3.63) is 52.6 Å². The van der Waals surface area contributed by atoms with E-state index in [-0.39, 0.29) is 52.5 Å². The number of methoxy groups -OCH3 is 2. The molecule has 0 fully saturated rings. The van der Waals surface area contributed by atoms with Gasteiger partial charge in [-0.2, -0.15) is 39.5 Å². The van der Waals surface area contributed by atoms with Crippen molar-refractivity contribution in [3.8, 4) is 11.5 Å². The minimum Gasteiger partial charge on any atom is -0.493 e. The van der Waals surface area contributed by atoms with E-state index in [1.54, 1.807) is 0 Å². The largest absolute Gasteiger partial charge is 0.493 e. The highest BCUT2D eigenvalue weighted by Gasteiger charge is 2.48. The van der Waals surface area contributed by atoms with E-state index in [1.165, 1.54) is 40.2 Å². The summed E-state index contributed by atoms with van der Waals surface area (Å²) < 4.78 is 138. The zero-order chi connectivity index (χ0) is 31.8. The van der Waals surface area contributed by atoms with E-state index in [4.69, 9.17) is 14.2 Å². The number of amides is 2. The standard InChI is InChI=1S/C26H25F9N2O5/c1-5-42-23(39)37-13(2)6-18(17-10-20(40-3)21(41-4)11-19(17)37)36(22(38)26(33,34)35)12-14-7-15(24(27,28)29)9-16(8-14)25(30,31)32/h7-11,13,18H,5-6,12H2,1-4H3/t13-,18+/m1/s1. The van der Waals surface area contributed by atoms with Crippen LogP contribution in [0, 0.1) is 0 Å². The molecule has 1 aliphatic heterocycles. The quantitative estimate of drug-likeness (QED) is 0.323. The Morgan fingerprint density at radius 2 is 1.40 bits per heavy atom. The molecule has 1 aliphatic rings. The van der Waals surface area contributed by atoms with Gasteiger partial charge in [0.15, 0.2) is 11.5 Å². The third-order valence-electron chi connectivity index (χ3n) is 6.50. The molecule has 2 amide bonds. The maximum absolute atomic E-state index is 13.9. The number of fused-ring (bicyclic) bond motifs is 1. The molecule has 0 radical (unpaired) electrons. The van der Waals surface area contributed by atoms with Crippen molar-refractivity contribution >= 4 is 17.7 Å². The van der Waals surface area contributed by atoms with Crippen molar-refractivity contribution in [1.82, 2.24) is 4.90 Å². The number of carbonyl (C=O) groups excluding carboxylic acids is 2. The first-order valence-electron chi connectivity index (χ1n) is 12.2. The first-order valence-corrected chi connectivity index (χ1v) is 12.2. The molecule has 0 saturated heterocycles. The maximum Gasteiger partial charge on any atom is 0.471 e. The summed E-state index contributed by atoms with van der Waals surface area (Å²) in [7, 11) is 2.45. The molecule has 0 unspecified atom stereocenters. The van der Waals surface area contributed by atoms with Crippen molar-refractivity contribution in [3.63, 3.8) is 0 Å². The van der Waals surface area contributed by atoms with Crippen LogP contribution in [0.5, 0.6) is 11.5 Å². The molecule has 7 nitrogen and oxygen atoms in total.